The summed E-state index contributed by atoms with van der Waals surface area (Å²) in [5.41, 5.74) is 4.20. The van der Waals surface area contributed by atoms with Crippen molar-refractivity contribution in [2.24, 2.45) is 5.10 Å². The molecule has 5 aromatic rings. The number of nitrogens with zero attached hydrogens (tertiary/aromatic N) is 1. The lowest BCUT2D eigenvalue weighted by molar-refractivity contribution is -0.123. The second kappa shape index (κ2) is 12.9. The van der Waals surface area contributed by atoms with Crippen molar-refractivity contribution in [3.63, 3.8) is 0 Å². The van der Waals surface area contributed by atoms with Gasteiger partial charge in [-0.3, -0.25) is 4.79 Å². The van der Waals surface area contributed by atoms with Crippen LogP contribution in [0.15, 0.2) is 108 Å². The van der Waals surface area contributed by atoms with Crippen molar-refractivity contribution < 1.29 is 23.8 Å². The number of ether oxygens (including phenoxy) is 3. The molecule has 200 valence electrons. The molecule has 0 spiro atoms. The average molecular weight is 571 g/mol. The number of amides is 1. The zero-order chi connectivity index (χ0) is 27.7. The van der Waals surface area contributed by atoms with Crippen LogP contribution < -0.4 is 19.6 Å². The van der Waals surface area contributed by atoms with Crippen LogP contribution in [0.2, 0.25) is 5.02 Å². The summed E-state index contributed by atoms with van der Waals surface area (Å²) >= 11 is 7.65. The first-order valence-electron chi connectivity index (χ1n) is 12.3. The molecule has 9 heteroatoms. The van der Waals surface area contributed by atoms with Gasteiger partial charge in [0.05, 0.1) is 11.2 Å². The monoisotopic (exact) mass is 570 g/mol. The number of rotatable bonds is 10. The third-order valence-electron chi connectivity index (χ3n) is 5.66. The zero-order valence-electron chi connectivity index (χ0n) is 21.1. The summed E-state index contributed by atoms with van der Waals surface area (Å²) in [6, 6.07) is 31.1. The van der Waals surface area contributed by atoms with Crippen LogP contribution >= 0.6 is 22.9 Å². The molecule has 0 bridgehead atoms. The summed E-state index contributed by atoms with van der Waals surface area (Å²) in [5.74, 6) is 0.674. The Morgan fingerprint density at radius 1 is 0.800 bits per heavy atom. The summed E-state index contributed by atoms with van der Waals surface area (Å²) in [6.07, 6.45) is 1.48. The number of benzene rings is 4. The molecule has 1 amide bonds. The molecule has 0 fully saturated rings. The topological polar surface area (TPSA) is 86.2 Å². The molecule has 4 aromatic carbocycles. The van der Waals surface area contributed by atoms with Crippen molar-refractivity contribution in [1.82, 2.24) is 5.43 Å². The fourth-order valence-corrected chi connectivity index (χ4v) is 5.04. The quantitative estimate of drug-likeness (QED) is 0.0856. The Hall–Kier alpha value is -4.66. The van der Waals surface area contributed by atoms with E-state index in [1.54, 1.807) is 48.5 Å². The minimum absolute atomic E-state index is 0.198. The van der Waals surface area contributed by atoms with Crippen molar-refractivity contribution in [3.05, 3.63) is 124 Å². The normalized spacial score (nSPS) is 10.9. The van der Waals surface area contributed by atoms with Crippen molar-refractivity contribution in [2.45, 2.75) is 6.61 Å². The molecule has 0 aliphatic rings. The lowest BCUT2D eigenvalue weighted by atomic mass is 10.2. The molecule has 5 rings (SSSR count). The standard InChI is InChI=1S/C31H23ClN2O5S/c32-29-26-8-4-5-9-27(26)40-30(29)31(36)39-25-12-10-21(11-13-25)18-33-34-28(35)20-38-24-16-14-23(15-17-24)37-19-22-6-2-1-3-7-22/h1-18H,19-20H2,(H,34,35). The maximum absolute atomic E-state index is 12.6. The highest BCUT2D eigenvalue weighted by Gasteiger charge is 2.18. The summed E-state index contributed by atoms with van der Waals surface area (Å²) in [7, 11) is 0. The molecule has 0 saturated carbocycles. The first-order chi connectivity index (χ1) is 19.5. The molecule has 40 heavy (non-hydrogen) atoms. The molecule has 0 aliphatic heterocycles. The predicted octanol–water partition coefficient (Wildman–Crippen LogP) is 6.88. The van der Waals surface area contributed by atoms with Gasteiger partial charge in [0.15, 0.2) is 6.61 Å². The van der Waals surface area contributed by atoms with E-state index in [0.717, 1.165) is 15.6 Å². The molecule has 0 saturated heterocycles. The van der Waals surface area contributed by atoms with Crippen LogP contribution in [-0.4, -0.2) is 24.7 Å². The van der Waals surface area contributed by atoms with Crippen molar-refractivity contribution in [3.8, 4) is 17.2 Å². The van der Waals surface area contributed by atoms with Gasteiger partial charge in [0.25, 0.3) is 5.91 Å². The molecule has 0 aliphatic carbocycles. The number of hydrogen-bond acceptors (Lipinski definition) is 7. The average Bonchev–Trinajstić information content (AvgIpc) is 3.33. The van der Waals surface area contributed by atoms with Gasteiger partial charge in [0.2, 0.25) is 0 Å². The van der Waals surface area contributed by atoms with Gasteiger partial charge >= 0.3 is 5.97 Å². The molecule has 0 unspecified atom stereocenters. The molecule has 0 atom stereocenters. The van der Waals surface area contributed by atoms with E-state index in [-0.39, 0.29) is 6.61 Å². The van der Waals surface area contributed by atoms with Crippen molar-refractivity contribution >= 4 is 51.1 Å². The third kappa shape index (κ3) is 7.05. The maximum atomic E-state index is 12.6. The van der Waals surface area contributed by atoms with Gasteiger partial charge in [-0.15, -0.1) is 11.3 Å². The summed E-state index contributed by atoms with van der Waals surface area (Å²) in [4.78, 5) is 25.1. The van der Waals surface area contributed by atoms with E-state index >= 15 is 0 Å². The highest BCUT2D eigenvalue weighted by atomic mass is 35.5. The first-order valence-corrected chi connectivity index (χ1v) is 13.5. The van der Waals surface area contributed by atoms with E-state index < -0.39 is 11.9 Å². The van der Waals surface area contributed by atoms with E-state index in [2.05, 4.69) is 10.5 Å². The number of carbonyl (C=O) groups is 2. The predicted molar refractivity (Wildman–Crippen MR) is 157 cm³/mol. The molecular formula is C31H23ClN2O5S. The van der Waals surface area contributed by atoms with Gasteiger partial charge in [0.1, 0.15) is 28.7 Å². The molecule has 7 nitrogen and oxygen atoms in total. The molecule has 1 N–H and O–H groups in total. The largest absolute Gasteiger partial charge is 0.489 e. The number of hydrazone groups is 1. The van der Waals surface area contributed by atoms with Crippen LogP contribution in [0.4, 0.5) is 0 Å². The number of nitrogens with one attached hydrogen (secondary N) is 1. The molecule has 1 aromatic heterocycles. The summed E-state index contributed by atoms with van der Waals surface area (Å²) in [5, 5.41) is 5.16. The molecule has 0 radical (unpaired) electrons. The number of fused-ring (bicyclic) bond motifs is 1. The Balaban J connectivity index is 1.05. The van der Waals surface area contributed by atoms with Crippen molar-refractivity contribution in [2.75, 3.05) is 6.61 Å². The minimum Gasteiger partial charge on any atom is -0.489 e. The molecule has 1 heterocycles. The zero-order valence-corrected chi connectivity index (χ0v) is 22.7. The first kappa shape index (κ1) is 26.9. The van der Waals surface area contributed by atoms with Gasteiger partial charge in [-0.25, -0.2) is 10.2 Å². The minimum atomic E-state index is -0.519. The van der Waals surface area contributed by atoms with E-state index in [0.29, 0.717) is 39.3 Å². The van der Waals surface area contributed by atoms with E-state index in [1.165, 1.54) is 17.6 Å². The lowest BCUT2D eigenvalue weighted by Gasteiger charge is -2.08. The number of thiophene rings is 1. The van der Waals surface area contributed by atoms with Crippen LogP contribution in [0.3, 0.4) is 0 Å². The smallest absolute Gasteiger partial charge is 0.355 e. The Morgan fingerprint density at radius 3 is 2.17 bits per heavy atom. The fourth-order valence-electron chi connectivity index (χ4n) is 3.65. The Kier molecular flexibility index (Phi) is 8.70. The van der Waals surface area contributed by atoms with Crippen LogP contribution in [-0.2, 0) is 11.4 Å². The van der Waals surface area contributed by atoms with Gasteiger partial charge in [-0.1, -0.05) is 60.1 Å². The summed E-state index contributed by atoms with van der Waals surface area (Å²) < 4.78 is 17.6. The Morgan fingerprint density at radius 2 is 1.45 bits per heavy atom. The number of carbonyl (C=O) groups excluding carboxylic acids is 2. The third-order valence-corrected chi connectivity index (χ3v) is 7.31. The Labute approximate surface area is 239 Å². The van der Waals surface area contributed by atoms with E-state index in [4.69, 9.17) is 25.8 Å². The van der Waals surface area contributed by atoms with Gasteiger partial charge < -0.3 is 14.2 Å². The van der Waals surface area contributed by atoms with E-state index in [1.807, 2.05) is 54.6 Å². The van der Waals surface area contributed by atoms with Gasteiger partial charge in [-0.05, 0) is 65.7 Å². The van der Waals surface area contributed by atoms with Crippen molar-refractivity contribution in [1.29, 1.82) is 0 Å². The molecular weight excluding hydrogens is 548 g/mol. The Bertz CT molecular complexity index is 1630. The number of hydrogen-bond donors (Lipinski definition) is 1. The SMILES string of the molecule is O=C(COc1ccc(OCc2ccccc2)cc1)NN=Cc1ccc(OC(=O)c2sc3ccccc3c2Cl)cc1. The number of esters is 1. The highest BCUT2D eigenvalue weighted by Crippen LogP contribution is 2.35. The second-order valence-electron chi connectivity index (χ2n) is 8.53. The van der Waals surface area contributed by atoms with E-state index in [9.17, 15) is 9.59 Å². The number of halogens is 1. The summed E-state index contributed by atoms with van der Waals surface area (Å²) in [6.45, 7) is 0.271. The van der Waals surface area contributed by atoms with Crippen LogP contribution in [0.1, 0.15) is 20.8 Å². The maximum Gasteiger partial charge on any atom is 0.355 e. The highest BCUT2D eigenvalue weighted by molar-refractivity contribution is 7.21. The van der Waals surface area contributed by atoms with Crippen LogP contribution in [0.5, 0.6) is 17.2 Å². The fraction of sp³-hybridized carbons (Fsp3) is 0.0645. The second-order valence-corrected chi connectivity index (χ2v) is 9.96. The van der Waals surface area contributed by atoms with Gasteiger partial charge in [0, 0.05) is 10.1 Å². The van der Waals surface area contributed by atoms with Crippen LogP contribution in [0, 0.1) is 0 Å². The van der Waals surface area contributed by atoms with Gasteiger partial charge in [-0.2, -0.15) is 5.10 Å². The lowest BCUT2D eigenvalue weighted by Crippen LogP contribution is -2.24. The van der Waals surface area contributed by atoms with Crippen LogP contribution in [0.25, 0.3) is 10.1 Å².